The summed E-state index contributed by atoms with van der Waals surface area (Å²) in [5, 5.41) is 0. The Hall–Kier alpha value is -0.196. The SMILES string of the molecule is CCCc1ccccc1.[3H]C.[CH3-].[V]. The molecular formula is C11H19V-. The molecule has 69 valence electrons. The van der Waals surface area contributed by atoms with Crippen molar-refractivity contribution in [3.63, 3.8) is 0 Å². The quantitative estimate of drug-likeness (QED) is 0.644. The minimum Gasteiger partial charge on any atom is -0.358 e. The van der Waals surface area contributed by atoms with Crippen LogP contribution in [0.25, 0.3) is 0 Å². The Balaban J connectivity index is -0.000000234. The van der Waals surface area contributed by atoms with E-state index in [0.29, 0.717) is 0 Å². The molecule has 12 heavy (non-hydrogen) atoms. The Labute approximate surface area is 90.7 Å². The molecule has 0 saturated carbocycles. The molecule has 0 N–H and O–H groups in total. The summed E-state index contributed by atoms with van der Waals surface area (Å²) in [5.41, 5.74) is 1.44. The third-order valence-electron chi connectivity index (χ3n) is 1.38. The normalized spacial score (nSPS) is 7.67. The standard InChI is InChI=1S/C9H12.CH4.CH3.V/c1-2-6-9-7-4-3-5-8-9;;;/h3-5,7-8H,2,6H2,1H3;1H4;1H3;/q;;-1;/i;1T;;. The average molecular weight is 204 g/mol. The molecule has 0 heterocycles. The molecule has 0 nitrogen and oxygen atoms in total. The number of rotatable bonds is 2. The van der Waals surface area contributed by atoms with E-state index in [1.807, 2.05) is 0 Å². The summed E-state index contributed by atoms with van der Waals surface area (Å²) in [6.45, 7) is 2.20. The Morgan fingerprint density at radius 2 is 1.75 bits per heavy atom. The van der Waals surface area contributed by atoms with Crippen molar-refractivity contribution in [2.24, 2.45) is 0 Å². The van der Waals surface area contributed by atoms with Gasteiger partial charge >= 0.3 is 0 Å². The van der Waals surface area contributed by atoms with Crippen LogP contribution in [0.4, 0.5) is 0 Å². The summed E-state index contributed by atoms with van der Waals surface area (Å²) >= 11 is 0. The van der Waals surface area contributed by atoms with Crippen LogP contribution in [0.15, 0.2) is 30.3 Å². The summed E-state index contributed by atoms with van der Waals surface area (Å²) in [6, 6.07) is 10.6. The second-order valence-electron chi connectivity index (χ2n) is 2.24. The fourth-order valence-corrected chi connectivity index (χ4v) is 0.933. The second kappa shape index (κ2) is 10.8. The molecule has 1 rings (SSSR count). The summed E-state index contributed by atoms with van der Waals surface area (Å²) in [6.07, 6.45) is 2.45. The van der Waals surface area contributed by atoms with E-state index in [1.165, 1.54) is 25.8 Å². The summed E-state index contributed by atoms with van der Waals surface area (Å²) in [5.74, 6) is 0. The molecule has 0 fully saturated rings. The molecule has 0 unspecified atom stereocenters. The first kappa shape index (κ1) is 14.3. The topological polar surface area (TPSA) is 0 Å². The van der Waals surface area contributed by atoms with Crippen molar-refractivity contribution in [2.75, 3.05) is 0 Å². The fourth-order valence-electron chi connectivity index (χ4n) is 0.933. The maximum atomic E-state index is 5.75. The van der Waals surface area contributed by atoms with Crippen molar-refractivity contribution in [1.82, 2.24) is 0 Å². The first-order chi connectivity index (χ1) is 5.43. The van der Waals surface area contributed by atoms with Crippen LogP contribution in [0.5, 0.6) is 0 Å². The average Bonchev–Trinajstić information content (AvgIpc) is 2.11. The number of hydrogen-bond donors (Lipinski definition) is 0. The van der Waals surface area contributed by atoms with Crippen LogP contribution < -0.4 is 0 Å². The molecule has 1 aromatic carbocycles. The molecule has 0 bridgehead atoms. The van der Waals surface area contributed by atoms with Gasteiger partial charge in [-0.05, 0) is 12.0 Å². The van der Waals surface area contributed by atoms with Gasteiger partial charge in [0.2, 0.25) is 0 Å². The number of hydrogen-bond acceptors (Lipinski definition) is 0. The third-order valence-corrected chi connectivity index (χ3v) is 1.38. The zero-order valence-corrected chi connectivity index (χ0v) is 9.64. The van der Waals surface area contributed by atoms with Crippen molar-refractivity contribution in [3.05, 3.63) is 43.3 Å². The van der Waals surface area contributed by atoms with Gasteiger partial charge in [-0.1, -0.05) is 51.1 Å². The van der Waals surface area contributed by atoms with Crippen molar-refractivity contribution in [1.29, 1.82) is 0 Å². The molecular weight excluding hydrogens is 183 g/mol. The minimum atomic E-state index is 0. The van der Waals surface area contributed by atoms with Gasteiger partial charge in [0.15, 0.2) is 0 Å². The van der Waals surface area contributed by atoms with Gasteiger partial charge in [0.05, 0.1) is 0 Å². The number of benzene rings is 1. The molecule has 0 spiro atoms. The summed E-state index contributed by atoms with van der Waals surface area (Å²) in [4.78, 5) is 0. The molecule has 0 aliphatic carbocycles. The van der Waals surface area contributed by atoms with E-state index in [0.717, 1.165) is 0 Å². The van der Waals surface area contributed by atoms with E-state index >= 15 is 0 Å². The Bertz CT molecular complexity index is 163. The Kier molecular flexibility index (Phi) is 12.9. The van der Waals surface area contributed by atoms with Crippen LogP contribution in [0.1, 0.15) is 27.7 Å². The van der Waals surface area contributed by atoms with Gasteiger partial charge in [-0.25, -0.2) is 0 Å². The molecule has 1 aromatic rings. The first-order valence-electron chi connectivity index (χ1n) is 4.47. The predicted molar refractivity (Wildman–Crippen MR) is 53.6 cm³/mol. The smallest absolute Gasteiger partial charge is 0.0194 e. The van der Waals surface area contributed by atoms with Crippen molar-refractivity contribution >= 4 is 0 Å². The van der Waals surface area contributed by atoms with Gasteiger partial charge in [-0.3, -0.25) is 0 Å². The summed E-state index contributed by atoms with van der Waals surface area (Å²) < 4.78 is 5.75. The molecule has 0 aliphatic rings. The molecule has 0 saturated heterocycles. The zero-order chi connectivity index (χ0) is 8.53. The molecule has 0 amide bonds. The van der Waals surface area contributed by atoms with Crippen LogP contribution in [0.2, 0.25) is 0 Å². The van der Waals surface area contributed by atoms with Gasteiger partial charge < -0.3 is 7.43 Å². The Morgan fingerprint density at radius 1 is 1.25 bits per heavy atom. The Morgan fingerprint density at radius 3 is 2.17 bits per heavy atom. The van der Waals surface area contributed by atoms with Crippen molar-refractivity contribution in [2.45, 2.75) is 27.2 Å². The van der Waals surface area contributed by atoms with E-state index in [9.17, 15) is 0 Å². The summed E-state index contributed by atoms with van der Waals surface area (Å²) in [7, 11) is 1.25. The van der Waals surface area contributed by atoms with Crippen LogP contribution >= 0.6 is 0 Å². The second-order valence-corrected chi connectivity index (χ2v) is 2.24. The maximum absolute atomic E-state index is 5.75. The van der Waals surface area contributed by atoms with Crippen LogP contribution in [0, 0.1) is 7.43 Å². The molecule has 1 radical (unpaired) electrons. The van der Waals surface area contributed by atoms with Crippen LogP contribution in [0.3, 0.4) is 0 Å². The predicted octanol–water partition coefficient (Wildman–Crippen LogP) is 3.72. The van der Waals surface area contributed by atoms with E-state index < -0.39 is 0 Å². The largest absolute Gasteiger partial charge is 0.358 e. The van der Waals surface area contributed by atoms with Gasteiger partial charge in [-0.2, -0.15) is 0 Å². The third kappa shape index (κ3) is 6.51. The maximum Gasteiger partial charge on any atom is 0.0194 e. The van der Waals surface area contributed by atoms with Gasteiger partial charge in [0, 0.05) is 19.9 Å². The molecule has 0 aromatic heterocycles. The van der Waals surface area contributed by atoms with Crippen LogP contribution in [-0.4, -0.2) is 0 Å². The fraction of sp³-hybridized carbons (Fsp3) is 0.364. The van der Waals surface area contributed by atoms with E-state index in [4.69, 9.17) is 1.37 Å². The van der Waals surface area contributed by atoms with E-state index in [2.05, 4.69) is 37.3 Å². The van der Waals surface area contributed by atoms with Gasteiger partial charge in [0.25, 0.3) is 0 Å². The van der Waals surface area contributed by atoms with Crippen molar-refractivity contribution in [3.8, 4) is 0 Å². The van der Waals surface area contributed by atoms with Gasteiger partial charge in [0.1, 0.15) is 0 Å². The zero-order valence-electron chi connectivity index (χ0n) is 9.25. The monoisotopic (exact) mass is 204 g/mol. The van der Waals surface area contributed by atoms with E-state index in [1.54, 1.807) is 0 Å². The van der Waals surface area contributed by atoms with Crippen LogP contribution in [-0.2, 0) is 25.0 Å². The minimum absolute atomic E-state index is 0. The van der Waals surface area contributed by atoms with Crippen molar-refractivity contribution < 1.29 is 19.9 Å². The first-order valence-corrected chi connectivity index (χ1v) is 3.47. The van der Waals surface area contributed by atoms with E-state index in [-0.39, 0.29) is 26.0 Å². The van der Waals surface area contributed by atoms with Gasteiger partial charge in [-0.15, -0.1) is 0 Å². The number of aryl methyl sites for hydroxylation is 1. The molecule has 0 atom stereocenters. The molecule has 0 aliphatic heterocycles. The molecule has 1 heteroatoms.